The monoisotopic (exact) mass is 248 g/mol. The van der Waals surface area contributed by atoms with Crippen molar-refractivity contribution >= 4 is 5.91 Å². The van der Waals surface area contributed by atoms with Crippen LogP contribution >= 0.6 is 0 Å². The average molecular weight is 248 g/mol. The van der Waals surface area contributed by atoms with E-state index in [9.17, 15) is 4.79 Å². The molecule has 3 heteroatoms. The molecule has 1 amide bonds. The lowest BCUT2D eigenvalue weighted by Gasteiger charge is -2.20. The van der Waals surface area contributed by atoms with Crippen molar-refractivity contribution < 1.29 is 4.79 Å². The zero-order valence-corrected chi connectivity index (χ0v) is 11.8. The number of hydrogen-bond acceptors (Lipinski definition) is 1. The van der Waals surface area contributed by atoms with Crippen LogP contribution < -0.4 is 5.32 Å². The molecule has 0 bridgehead atoms. The molecule has 1 aliphatic rings. The molecule has 0 atom stereocenters. The van der Waals surface area contributed by atoms with Crippen molar-refractivity contribution in [2.75, 3.05) is 0 Å². The van der Waals surface area contributed by atoms with Crippen LogP contribution in [-0.4, -0.2) is 10.5 Å². The van der Waals surface area contributed by atoms with E-state index < -0.39 is 0 Å². The van der Waals surface area contributed by atoms with Crippen LogP contribution in [0.25, 0.3) is 0 Å². The van der Waals surface area contributed by atoms with Crippen molar-refractivity contribution in [3.8, 4) is 0 Å². The van der Waals surface area contributed by atoms with Crippen LogP contribution in [0.4, 0.5) is 0 Å². The quantitative estimate of drug-likeness (QED) is 0.877. The Morgan fingerprint density at radius 1 is 1.33 bits per heavy atom. The molecular weight excluding hydrogens is 224 g/mol. The maximum atomic E-state index is 12.1. The number of carbonyl (C=O) groups excluding carboxylic acids is 1. The van der Waals surface area contributed by atoms with Gasteiger partial charge in [0.15, 0.2) is 0 Å². The van der Waals surface area contributed by atoms with Gasteiger partial charge >= 0.3 is 0 Å². The molecule has 1 saturated carbocycles. The Hall–Kier alpha value is -1.25. The molecule has 18 heavy (non-hydrogen) atoms. The summed E-state index contributed by atoms with van der Waals surface area (Å²) in [6, 6.07) is 2.16. The van der Waals surface area contributed by atoms with Gasteiger partial charge in [-0.05, 0) is 38.3 Å². The zero-order chi connectivity index (χ0) is 13.1. The van der Waals surface area contributed by atoms with Crippen molar-refractivity contribution in [3.63, 3.8) is 0 Å². The second kappa shape index (κ2) is 5.59. The Morgan fingerprint density at radius 3 is 2.56 bits per heavy atom. The van der Waals surface area contributed by atoms with E-state index in [0.29, 0.717) is 6.54 Å². The zero-order valence-electron chi connectivity index (χ0n) is 11.8. The first-order chi connectivity index (χ1) is 8.59. The molecule has 0 spiro atoms. The van der Waals surface area contributed by atoms with Crippen LogP contribution in [-0.2, 0) is 18.4 Å². The minimum atomic E-state index is 0.246. The first-order valence-electron chi connectivity index (χ1n) is 6.99. The summed E-state index contributed by atoms with van der Waals surface area (Å²) in [5.74, 6) is 0.500. The lowest BCUT2D eigenvalue weighted by molar-refractivity contribution is -0.126. The molecule has 0 aliphatic heterocycles. The molecule has 0 unspecified atom stereocenters. The summed E-state index contributed by atoms with van der Waals surface area (Å²) in [4.78, 5) is 12.1. The first-order valence-corrected chi connectivity index (χ1v) is 6.99. The van der Waals surface area contributed by atoms with Gasteiger partial charge in [0.2, 0.25) is 5.91 Å². The first kappa shape index (κ1) is 13.2. The molecule has 1 aliphatic carbocycles. The highest BCUT2D eigenvalue weighted by Crippen LogP contribution is 2.23. The van der Waals surface area contributed by atoms with Crippen molar-refractivity contribution in [2.24, 2.45) is 13.0 Å². The van der Waals surface area contributed by atoms with Gasteiger partial charge in [0.25, 0.3) is 0 Å². The van der Waals surface area contributed by atoms with Gasteiger partial charge in [0, 0.05) is 30.9 Å². The number of rotatable bonds is 3. The molecule has 1 heterocycles. The van der Waals surface area contributed by atoms with Gasteiger partial charge in [-0.15, -0.1) is 0 Å². The minimum Gasteiger partial charge on any atom is -0.352 e. The molecule has 1 aromatic rings. The van der Waals surface area contributed by atoms with Gasteiger partial charge in [-0.25, -0.2) is 0 Å². The Balaban J connectivity index is 1.90. The summed E-state index contributed by atoms with van der Waals surface area (Å²) < 4.78 is 2.17. The largest absolute Gasteiger partial charge is 0.352 e. The Kier molecular flexibility index (Phi) is 4.10. The normalized spacial score (nSPS) is 16.8. The average Bonchev–Trinajstić information content (AvgIpc) is 2.64. The summed E-state index contributed by atoms with van der Waals surface area (Å²) in [5, 5.41) is 3.10. The smallest absolute Gasteiger partial charge is 0.223 e. The molecule has 2 rings (SSSR count). The molecule has 1 fully saturated rings. The standard InChI is InChI=1S/C15H24N2O/c1-11-9-14(12(2)17(11)3)10-16-15(18)13-7-5-4-6-8-13/h9,13H,4-8,10H2,1-3H3,(H,16,18). The lowest BCUT2D eigenvalue weighted by Crippen LogP contribution is -2.31. The summed E-state index contributed by atoms with van der Waals surface area (Å²) in [6.45, 7) is 4.87. The maximum Gasteiger partial charge on any atom is 0.223 e. The molecule has 0 radical (unpaired) electrons. The van der Waals surface area contributed by atoms with E-state index in [1.54, 1.807) is 0 Å². The second-order valence-electron chi connectivity index (χ2n) is 5.51. The van der Waals surface area contributed by atoms with Crippen molar-refractivity contribution in [1.82, 2.24) is 9.88 Å². The number of amides is 1. The van der Waals surface area contributed by atoms with Gasteiger partial charge in [0.1, 0.15) is 0 Å². The van der Waals surface area contributed by atoms with E-state index in [2.05, 4.69) is 36.8 Å². The summed E-state index contributed by atoms with van der Waals surface area (Å²) in [6.07, 6.45) is 5.85. The molecule has 0 aromatic carbocycles. The third-order valence-corrected chi connectivity index (χ3v) is 4.31. The Morgan fingerprint density at radius 2 is 2.00 bits per heavy atom. The molecule has 0 saturated heterocycles. The van der Waals surface area contributed by atoms with Crippen LogP contribution in [0.2, 0.25) is 0 Å². The van der Waals surface area contributed by atoms with E-state index in [-0.39, 0.29) is 11.8 Å². The number of nitrogens with one attached hydrogen (secondary N) is 1. The number of aromatic nitrogens is 1. The SMILES string of the molecule is Cc1cc(CNC(=O)C2CCCCC2)c(C)n1C. The highest BCUT2D eigenvalue weighted by Gasteiger charge is 2.20. The van der Waals surface area contributed by atoms with Crippen LogP contribution in [0.1, 0.15) is 49.1 Å². The number of aryl methyl sites for hydroxylation is 1. The third-order valence-electron chi connectivity index (χ3n) is 4.31. The summed E-state index contributed by atoms with van der Waals surface area (Å²) >= 11 is 0. The predicted octanol–water partition coefficient (Wildman–Crippen LogP) is 2.84. The highest BCUT2D eigenvalue weighted by atomic mass is 16.1. The van der Waals surface area contributed by atoms with Gasteiger partial charge in [-0.1, -0.05) is 19.3 Å². The highest BCUT2D eigenvalue weighted by molar-refractivity contribution is 5.78. The number of carbonyl (C=O) groups is 1. The van der Waals surface area contributed by atoms with Gasteiger partial charge in [-0.2, -0.15) is 0 Å². The number of hydrogen-bond donors (Lipinski definition) is 1. The van der Waals surface area contributed by atoms with E-state index in [1.165, 1.54) is 36.2 Å². The van der Waals surface area contributed by atoms with Gasteiger partial charge < -0.3 is 9.88 Å². The van der Waals surface area contributed by atoms with Crippen LogP contribution in [0, 0.1) is 19.8 Å². The van der Waals surface area contributed by atoms with E-state index in [4.69, 9.17) is 0 Å². The van der Waals surface area contributed by atoms with Gasteiger partial charge in [-0.3, -0.25) is 4.79 Å². The van der Waals surface area contributed by atoms with E-state index >= 15 is 0 Å². The maximum absolute atomic E-state index is 12.1. The Bertz CT molecular complexity index is 428. The van der Waals surface area contributed by atoms with E-state index in [1.807, 2.05) is 0 Å². The van der Waals surface area contributed by atoms with Crippen LogP contribution in [0.15, 0.2) is 6.07 Å². The predicted molar refractivity (Wildman–Crippen MR) is 73.3 cm³/mol. The molecule has 1 aromatic heterocycles. The fourth-order valence-electron chi connectivity index (χ4n) is 2.80. The number of nitrogens with zero attached hydrogens (tertiary/aromatic N) is 1. The van der Waals surface area contributed by atoms with Gasteiger partial charge in [0.05, 0.1) is 0 Å². The van der Waals surface area contributed by atoms with E-state index in [0.717, 1.165) is 12.8 Å². The second-order valence-corrected chi connectivity index (χ2v) is 5.51. The van der Waals surface area contributed by atoms with Crippen molar-refractivity contribution in [1.29, 1.82) is 0 Å². The van der Waals surface area contributed by atoms with Crippen molar-refractivity contribution in [2.45, 2.75) is 52.5 Å². The topological polar surface area (TPSA) is 34.0 Å². The molecular formula is C15H24N2O. The van der Waals surface area contributed by atoms with Crippen molar-refractivity contribution in [3.05, 3.63) is 23.0 Å². The molecule has 1 N–H and O–H groups in total. The fraction of sp³-hybridized carbons (Fsp3) is 0.667. The summed E-state index contributed by atoms with van der Waals surface area (Å²) in [5.41, 5.74) is 3.73. The molecule has 100 valence electrons. The minimum absolute atomic E-state index is 0.246. The fourth-order valence-corrected chi connectivity index (χ4v) is 2.80. The third kappa shape index (κ3) is 2.77. The van der Waals surface area contributed by atoms with Crippen LogP contribution in [0.3, 0.4) is 0 Å². The lowest BCUT2D eigenvalue weighted by atomic mass is 9.88. The Labute approximate surface area is 110 Å². The molecule has 3 nitrogen and oxygen atoms in total. The van der Waals surface area contributed by atoms with Crippen LogP contribution in [0.5, 0.6) is 0 Å². The summed E-state index contributed by atoms with van der Waals surface area (Å²) in [7, 11) is 2.07.